The summed E-state index contributed by atoms with van der Waals surface area (Å²) in [5, 5.41) is 3.89. The van der Waals surface area contributed by atoms with Gasteiger partial charge in [-0.15, -0.1) is 11.3 Å². The van der Waals surface area contributed by atoms with Crippen molar-refractivity contribution in [1.82, 2.24) is 20.2 Å². The highest BCUT2D eigenvalue weighted by Crippen LogP contribution is 2.25. The van der Waals surface area contributed by atoms with Crippen LogP contribution in [-0.2, 0) is 11.3 Å². The zero-order valence-corrected chi connectivity index (χ0v) is 14.6. The van der Waals surface area contributed by atoms with E-state index in [1.54, 1.807) is 17.5 Å². The Labute approximate surface area is 145 Å². The second-order valence-corrected chi connectivity index (χ2v) is 6.90. The average Bonchev–Trinajstić information content (AvgIpc) is 3.05. The van der Waals surface area contributed by atoms with Gasteiger partial charge < -0.3 is 10.1 Å². The zero-order chi connectivity index (χ0) is 16.8. The maximum atomic E-state index is 11.6. The number of carbonyl (C=O) groups excluding carboxylic acids is 1. The molecule has 0 spiro atoms. The Kier molecular flexibility index (Phi) is 5.77. The Morgan fingerprint density at radius 3 is 3.17 bits per heavy atom. The molecule has 1 aliphatic heterocycles. The molecule has 0 aromatic carbocycles. The maximum absolute atomic E-state index is 11.6. The summed E-state index contributed by atoms with van der Waals surface area (Å²) in [6.45, 7) is 4.95. The van der Waals surface area contributed by atoms with Gasteiger partial charge in [0, 0.05) is 36.4 Å². The van der Waals surface area contributed by atoms with Crippen LogP contribution in [0.5, 0.6) is 0 Å². The summed E-state index contributed by atoms with van der Waals surface area (Å²) in [6, 6.07) is 6.01. The standard InChI is InChI=1S/C17H22N4O2S/c1-2-23-17(22)20-13-6-5-9-21(11-13)12-14-10-19-16(24-14)15-7-3-4-8-18-15/h3-4,7-8,10,13H,2,5-6,9,11-12H2,1H3,(H,20,22). The first-order chi connectivity index (χ1) is 11.7. The van der Waals surface area contributed by atoms with Crippen LogP contribution in [0, 0.1) is 0 Å². The molecule has 6 nitrogen and oxygen atoms in total. The Morgan fingerprint density at radius 1 is 1.46 bits per heavy atom. The van der Waals surface area contributed by atoms with E-state index in [0.717, 1.165) is 43.2 Å². The number of aromatic nitrogens is 2. The number of ether oxygens (including phenoxy) is 1. The van der Waals surface area contributed by atoms with Crippen molar-refractivity contribution in [3.05, 3.63) is 35.5 Å². The van der Waals surface area contributed by atoms with Crippen LogP contribution < -0.4 is 5.32 Å². The third kappa shape index (κ3) is 4.52. The van der Waals surface area contributed by atoms with E-state index in [1.165, 1.54) is 4.88 Å². The molecule has 1 N–H and O–H groups in total. The molecule has 2 aromatic rings. The van der Waals surface area contributed by atoms with E-state index in [9.17, 15) is 4.79 Å². The predicted octanol–water partition coefficient (Wildman–Crippen LogP) is 2.92. The molecule has 7 heteroatoms. The number of nitrogens with zero attached hydrogens (tertiary/aromatic N) is 3. The van der Waals surface area contributed by atoms with Gasteiger partial charge in [-0.05, 0) is 38.4 Å². The molecule has 0 saturated carbocycles. The molecular formula is C17H22N4O2S. The first kappa shape index (κ1) is 16.9. The highest BCUT2D eigenvalue weighted by molar-refractivity contribution is 7.14. The smallest absolute Gasteiger partial charge is 0.407 e. The normalized spacial score (nSPS) is 18.3. The summed E-state index contributed by atoms with van der Waals surface area (Å²) in [5.41, 5.74) is 0.911. The molecule has 1 fully saturated rings. The molecule has 1 atom stereocenters. The lowest BCUT2D eigenvalue weighted by molar-refractivity contribution is 0.133. The van der Waals surface area contributed by atoms with Crippen LogP contribution >= 0.6 is 11.3 Å². The van der Waals surface area contributed by atoms with E-state index in [0.29, 0.717) is 6.61 Å². The summed E-state index contributed by atoms with van der Waals surface area (Å²) in [4.78, 5) is 24.0. The second-order valence-electron chi connectivity index (χ2n) is 5.79. The van der Waals surface area contributed by atoms with E-state index in [-0.39, 0.29) is 12.1 Å². The molecule has 3 rings (SSSR count). The lowest BCUT2D eigenvalue weighted by atomic mass is 10.1. The molecule has 1 unspecified atom stereocenters. The first-order valence-electron chi connectivity index (χ1n) is 8.26. The highest BCUT2D eigenvalue weighted by atomic mass is 32.1. The minimum Gasteiger partial charge on any atom is -0.450 e. The fourth-order valence-corrected chi connectivity index (χ4v) is 3.80. The summed E-state index contributed by atoms with van der Waals surface area (Å²) in [6.07, 6.45) is 5.46. The fourth-order valence-electron chi connectivity index (χ4n) is 2.87. The minimum absolute atomic E-state index is 0.154. The third-order valence-corrected chi connectivity index (χ3v) is 4.92. The van der Waals surface area contributed by atoms with Crippen molar-refractivity contribution in [1.29, 1.82) is 0 Å². The van der Waals surface area contributed by atoms with Gasteiger partial charge in [0.1, 0.15) is 5.01 Å². The zero-order valence-electron chi connectivity index (χ0n) is 13.8. The number of piperidine rings is 1. The number of hydrogen-bond acceptors (Lipinski definition) is 6. The van der Waals surface area contributed by atoms with Crippen LogP contribution in [0.15, 0.2) is 30.6 Å². The van der Waals surface area contributed by atoms with Crippen molar-refractivity contribution in [2.45, 2.75) is 32.4 Å². The average molecular weight is 346 g/mol. The predicted molar refractivity (Wildman–Crippen MR) is 93.8 cm³/mol. The molecule has 24 heavy (non-hydrogen) atoms. The summed E-state index contributed by atoms with van der Waals surface area (Å²) in [5.74, 6) is 0. The van der Waals surface area contributed by atoms with Crippen molar-refractivity contribution in [3.63, 3.8) is 0 Å². The van der Waals surface area contributed by atoms with Crippen LogP contribution in [0.1, 0.15) is 24.6 Å². The Morgan fingerprint density at radius 2 is 2.38 bits per heavy atom. The molecule has 2 aromatic heterocycles. The number of nitrogens with one attached hydrogen (secondary N) is 1. The monoisotopic (exact) mass is 346 g/mol. The van der Waals surface area contributed by atoms with Gasteiger partial charge in [0.15, 0.2) is 0 Å². The summed E-state index contributed by atoms with van der Waals surface area (Å²) >= 11 is 1.68. The number of rotatable bonds is 5. The number of hydrogen-bond donors (Lipinski definition) is 1. The van der Waals surface area contributed by atoms with Crippen molar-refractivity contribution in [3.8, 4) is 10.7 Å². The van der Waals surface area contributed by atoms with Crippen molar-refractivity contribution in [2.75, 3.05) is 19.7 Å². The Hall–Kier alpha value is -1.99. The minimum atomic E-state index is -0.320. The molecule has 1 amide bonds. The number of thiazole rings is 1. The fraction of sp³-hybridized carbons (Fsp3) is 0.471. The van der Waals surface area contributed by atoms with Crippen LogP contribution in [-0.4, -0.2) is 46.7 Å². The first-order valence-corrected chi connectivity index (χ1v) is 9.08. The number of carbonyl (C=O) groups is 1. The Balaban J connectivity index is 1.56. The van der Waals surface area contributed by atoms with E-state index in [1.807, 2.05) is 31.3 Å². The van der Waals surface area contributed by atoms with E-state index >= 15 is 0 Å². The van der Waals surface area contributed by atoms with Gasteiger partial charge in [-0.2, -0.15) is 0 Å². The van der Waals surface area contributed by atoms with Crippen LogP contribution in [0.25, 0.3) is 10.7 Å². The molecular weight excluding hydrogens is 324 g/mol. The van der Waals surface area contributed by atoms with Gasteiger partial charge in [-0.3, -0.25) is 9.88 Å². The third-order valence-electron chi connectivity index (χ3n) is 3.92. The van der Waals surface area contributed by atoms with Gasteiger partial charge in [-0.25, -0.2) is 9.78 Å². The number of pyridine rings is 1. The van der Waals surface area contributed by atoms with Gasteiger partial charge in [0.25, 0.3) is 0 Å². The molecule has 1 aliphatic rings. The van der Waals surface area contributed by atoms with Gasteiger partial charge in [0.05, 0.1) is 12.3 Å². The molecule has 0 bridgehead atoms. The lowest BCUT2D eigenvalue weighted by Crippen LogP contribution is -2.47. The largest absolute Gasteiger partial charge is 0.450 e. The topological polar surface area (TPSA) is 67.3 Å². The van der Waals surface area contributed by atoms with Gasteiger partial charge >= 0.3 is 6.09 Å². The summed E-state index contributed by atoms with van der Waals surface area (Å²) < 4.78 is 4.97. The molecule has 3 heterocycles. The quantitative estimate of drug-likeness (QED) is 0.902. The SMILES string of the molecule is CCOC(=O)NC1CCCN(Cc2cnc(-c3ccccn3)s2)C1. The number of likely N-dealkylation sites (tertiary alicyclic amines) is 1. The second kappa shape index (κ2) is 8.21. The van der Waals surface area contributed by atoms with Crippen molar-refractivity contribution < 1.29 is 9.53 Å². The van der Waals surface area contributed by atoms with Crippen LogP contribution in [0.2, 0.25) is 0 Å². The van der Waals surface area contributed by atoms with Gasteiger partial charge in [-0.1, -0.05) is 6.07 Å². The lowest BCUT2D eigenvalue weighted by Gasteiger charge is -2.32. The Bertz CT molecular complexity index is 662. The number of amides is 1. The summed E-state index contributed by atoms with van der Waals surface area (Å²) in [7, 11) is 0. The van der Waals surface area contributed by atoms with E-state index in [4.69, 9.17) is 4.74 Å². The van der Waals surface area contributed by atoms with Crippen LogP contribution in [0.3, 0.4) is 0 Å². The maximum Gasteiger partial charge on any atom is 0.407 e. The molecule has 0 radical (unpaired) electrons. The molecule has 128 valence electrons. The van der Waals surface area contributed by atoms with Crippen LogP contribution in [0.4, 0.5) is 4.79 Å². The van der Waals surface area contributed by atoms with Crippen molar-refractivity contribution >= 4 is 17.4 Å². The van der Waals surface area contributed by atoms with E-state index in [2.05, 4.69) is 20.2 Å². The van der Waals surface area contributed by atoms with Crippen molar-refractivity contribution in [2.24, 2.45) is 0 Å². The molecule has 0 aliphatic carbocycles. The number of alkyl carbamates (subject to hydrolysis) is 1. The van der Waals surface area contributed by atoms with E-state index < -0.39 is 0 Å². The molecule has 1 saturated heterocycles. The highest BCUT2D eigenvalue weighted by Gasteiger charge is 2.22. The van der Waals surface area contributed by atoms with Gasteiger partial charge in [0.2, 0.25) is 0 Å².